The van der Waals surface area contributed by atoms with E-state index in [0.29, 0.717) is 58.4 Å². The van der Waals surface area contributed by atoms with E-state index in [1.807, 2.05) is 4.90 Å². The van der Waals surface area contributed by atoms with Gasteiger partial charge in [0.2, 0.25) is 5.91 Å². The average molecular weight is 495 g/mol. The standard InChI is InChI=1S/C23H25F4N5O3/c24-18-2-4-19(5-3-18)29-11-13-31(14-12-29)22(33)16-28-7-9-30(10-8-28)20-6-1-17(23(25,26)27)15-21(20)32(34)35/h1-6,15H,7-14,16H2. The number of carbonyl (C=O) groups is 1. The number of piperazine rings is 2. The summed E-state index contributed by atoms with van der Waals surface area (Å²) < 4.78 is 52.0. The SMILES string of the molecule is O=C(CN1CCN(c2ccc(C(F)(F)F)cc2[N+](=O)[O-])CC1)N1CCN(c2ccc(F)cc2)CC1. The Morgan fingerprint density at radius 2 is 1.49 bits per heavy atom. The highest BCUT2D eigenvalue weighted by molar-refractivity contribution is 5.78. The van der Waals surface area contributed by atoms with Crippen molar-refractivity contribution in [1.29, 1.82) is 0 Å². The summed E-state index contributed by atoms with van der Waals surface area (Å²) >= 11 is 0. The lowest BCUT2D eigenvalue weighted by molar-refractivity contribution is -0.384. The molecule has 0 bridgehead atoms. The summed E-state index contributed by atoms with van der Waals surface area (Å²) in [6.07, 6.45) is -4.66. The van der Waals surface area contributed by atoms with Crippen LogP contribution in [0, 0.1) is 15.9 Å². The molecule has 12 heteroatoms. The van der Waals surface area contributed by atoms with Crippen molar-refractivity contribution in [2.45, 2.75) is 6.18 Å². The fourth-order valence-electron chi connectivity index (χ4n) is 4.42. The number of nitrogens with zero attached hydrogens (tertiary/aromatic N) is 5. The molecular formula is C23H25F4N5O3. The van der Waals surface area contributed by atoms with Crippen LogP contribution in [0.25, 0.3) is 0 Å². The van der Waals surface area contributed by atoms with Gasteiger partial charge in [0, 0.05) is 64.1 Å². The Balaban J connectivity index is 1.29. The van der Waals surface area contributed by atoms with E-state index >= 15 is 0 Å². The van der Waals surface area contributed by atoms with Gasteiger partial charge in [0.1, 0.15) is 11.5 Å². The average Bonchev–Trinajstić information content (AvgIpc) is 2.84. The van der Waals surface area contributed by atoms with Gasteiger partial charge in [-0.15, -0.1) is 0 Å². The van der Waals surface area contributed by atoms with Crippen LogP contribution in [0.4, 0.5) is 34.6 Å². The summed E-state index contributed by atoms with van der Waals surface area (Å²) in [4.78, 5) is 30.9. The lowest BCUT2D eigenvalue weighted by Crippen LogP contribution is -2.54. The van der Waals surface area contributed by atoms with Crippen LogP contribution in [0.2, 0.25) is 0 Å². The van der Waals surface area contributed by atoms with E-state index in [0.717, 1.165) is 17.8 Å². The quantitative estimate of drug-likeness (QED) is 0.360. The number of hydrogen-bond donors (Lipinski definition) is 0. The van der Waals surface area contributed by atoms with Gasteiger partial charge in [-0.05, 0) is 36.4 Å². The van der Waals surface area contributed by atoms with Crippen molar-refractivity contribution in [3.8, 4) is 0 Å². The maximum atomic E-state index is 13.1. The van der Waals surface area contributed by atoms with E-state index in [9.17, 15) is 32.5 Å². The molecule has 2 aliphatic rings. The predicted octanol–water partition coefficient (Wildman–Crippen LogP) is 3.22. The number of carbonyl (C=O) groups excluding carboxylic acids is 1. The van der Waals surface area contributed by atoms with Crippen molar-refractivity contribution in [3.63, 3.8) is 0 Å². The van der Waals surface area contributed by atoms with Gasteiger partial charge in [-0.2, -0.15) is 13.2 Å². The highest BCUT2D eigenvalue weighted by Gasteiger charge is 2.34. The van der Waals surface area contributed by atoms with Gasteiger partial charge < -0.3 is 14.7 Å². The third-order valence-corrected chi connectivity index (χ3v) is 6.40. The molecule has 0 aromatic heterocycles. The molecule has 0 radical (unpaired) electrons. The number of nitro groups is 1. The second kappa shape index (κ2) is 10.1. The van der Waals surface area contributed by atoms with E-state index in [4.69, 9.17) is 0 Å². The van der Waals surface area contributed by atoms with E-state index in [1.54, 1.807) is 21.9 Å². The molecule has 188 valence electrons. The largest absolute Gasteiger partial charge is 0.416 e. The zero-order chi connectivity index (χ0) is 25.2. The Bertz CT molecular complexity index is 1060. The molecule has 2 fully saturated rings. The predicted molar refractivity (Wildman–Crippen MR) is 122 cm³/mol. The van der Waals surface area contributed by atoms with E-state index in [2.05, 4.69) is 4.90 Å². The van der Waals surface area contributed by atoms with Gasteiger partial charge >= 0.3 is 6.18 Å². The van der Waals surface area contributed by atoms with Crippen LogP contribution in [0.5, 0.6) is 0 Å². The molecule has 0 saturated carbocycles. The molecule has 0 atom stereocenters. The van der Waals surface area contributed by atoms with E-state index in [1.165, 1.54) is 12.1 Å². The minimum Gasteiger partial charge on any atom is -0.368 e. The molecule has 1 amide bonds. The third kappa shape index (κ3) is 5.81. The van der Waals surface area contributed by atoms with Crippen molar-refractivity contribution < 1.29 is 27.3 Å². The molecular weight excluding hydrogens is 470 g/mol. The number of halogens is 4. The molecule has 2 aromatic carbocycles. The Labute approximate surface area is 199 Å². The Morgan fingerprint density at radius 1 is 0.886 bits per heavy atom. The molecule has 0 spiro atoms. The van der Waals surface area contributed by atoms with Crippen molar-refractivity contribution in [1.82, 2.24) is 9.80 Å². The van der Waals surface area contributed by atoms with Gasteiger partial charge in [0.25, 0.3) is 5.69 Å². The number of amides is 1. The normalized spacial score (nSPS) is 17.5. The lowest BCUT2D eigenvalue weighted by Gasteiger charge is -2.39. The second-order valence-corrected chi connectivity index (χ2v) is 8.57. The van der Waals surface area contributed by atoms with Crippen LogP contribution in [-0.2, 0) is 11.0 Å². The summed E-state index contributed by atoms with van der Waals surface area (Å²) in [5.74, 6) is -0.312. The van der Waals surface area contributed by atoms with Crippen LogP contribution in [0.15, 0.2) is 42.5 Å². The Hall–Kier alpha value is -3.41. The number of nitro benzene ring substituents is 1. The van der Waals surface area contributed by atoms with Gasteiger partial charge in [-0.1, -0.05) is 0 Å². The third-order valence-electron chi connectivity index (χ3n) is 6.40. The molecule has 2 aliphatic heterocycles. The van der Waals surface area contributed by atoms with E-state index in [-0.39, 0.29) is 24.0 Å². The molecule has 35 heavy (non-hydrogen) atoms. The fraction of sp³-hybridized carbons (Fsp3) is 0.435. The number of hydrogen-bond acceptors (Lipinski definition) is 6. The zero-order valence-electron chi connectivity index (χ0n) is 18.9. The molecule has 2 saturated heterocycles. The first-order valence-corrected chi connectivity index (χ1v) is 11.2. The van der Waals surface area contributed by atoms with Crippen molar-refractivity contribution in [3.05, 3.63) is 64.0 Å². The molecule has 0 unspecified atom stereocenters. The summed E-state index contributed by atoms with van der Waals surface area (Å²) in [5.41, 5.74) is -0.585. The van der Waals surface area contributed by atoms with Crippen molar-refractivity contribution in [2.24, 2.45) is 0 Å². The monoisotopic (exact) mass is 495 g/mol. The van der Waals surface area contributed by atoms with E-state index < -0.39 is 22.4 Å². The first-order valence-electron chi connectivity index (χ1n) is 11.2. The van der Waals surface area contributed by atoms with Gasteiger partial charge in [0.15, 0.2) is 0 Å². The lowest BCUT2D eigenvalue weighted by atomic mass is 10.1. The maximum Gasteiger partial charge on any atom is 0.416 e. The smallest absolute Gasteiger partial charge is 0.368 e. The minimum absolute atomic E-state index is 0.0160. The molecule has 0 N–H and O–H groups in total. The van der Waals surface area contributed by atoms with Gasteiger partial charge in [-0.25, -0.2) is 4.39 Å². The highest BCUT2D eigenvalue weighted by Crippen LogP contribution is 2.36. The number of benzene rings is 2. The summed E-state index contributed by atoms with van der Waals surface area (Å²) in [6, 6.07) is 8.81. The van der Waals surface area contributed by atoms with Crippen molar-refractivity contribution in [2.75, 3.05) is 68.7 Å². The Kier molecular flexibility index (Phi) is 7.10. The van der Waals surface area contributed by atoms with Gasteiger partial charge in [-0.3, -0.25) is 19.8 Å². The minimum atomic E-state index is -4.66. The summed E-state index contributed by atoms with van der Waals surface area (Å²) in [7, 11) is 0. The summed E-state index contributed by atoms with van der Waals surface area (Å²) in [6.45, 7) is 4.22. The second-order valence-electron chi connectivity index (χ2n) is 8.57. The van der Waals surface area contributed by atoms with Crippen LogP contribution in [0.1, 0.15) is 5.56 Å². The fourth-order valence-corrected chi connectivity index (χ4v) is 4.42. The summed E-state index contributed by atoms with van der Waals surface area (Å²) in [5, 5.41) is 11.4. The molecule has 2 heterocycles. The first-order chi connectivity index (χ1) is 16.6. The first kappa shape index (κ1) is 24.7. The maximum absolute atomic E-state index is 13.1. The van der Waals surface area contributed by atoms with Gasteiger partial charge in [0.05, 0.1) is 17.0 Å². The molecule has 0 aliphatic carbocycles. The molecule has 4 rings (SSSR count). The zero-order valence-corrected chi connectivity index (χ0v) is 18.9. The molecule has 8 nitrogen and oxygen atoms in total. The van der Waals surface area contributed by atoms with Crippen LogP contribution in [-0.4, -0.2) is 79.5 Å². The van der Waals surface area contributed by atoms with Crippen LogP contribution in [0.3, 0.4) is 0 Å². The topological polar surface area (TPSA) is 73.2 Å². The number of alkyl halides is 3. The number of anilines is 2. The van der Waals surface area contributed by atoms with Crippen LogP contribution < -0.4 is 9.80 Å². The van der Waals surface area contributed by atoms with Crippen molar-refractivity contribution >= 4 is 23.0 Å². The molecule has 2 aromatic rings. The highest BCUT2D eigenvalue weighted by atomic mass is 19.4. The van der Waals surface area contributed by atoms with Crippen LogP contribution >= 0.6 is 0 Å². The number of rotatable bonds is 5. The Morgan fingerprint density at radius 3 is 2.06 bits per heavy atom.